The normalized spacial score (nSPS) is 11.9. The molecule has 3 rings (SSSR count). The van der Waals surface area contributed by atoms with E-state index in [2.05, 4.69) is 35.5 Å². The number of aryl methyl sites for hydroxylation is 1. The Morgan fingerprint density at radius 3 is 2.41 bits per heavy atom. The van der Waals surface area contributed by atoms with Gasteiger partial charge in [-0.3, -0.25) is 9.78 Å². The number of hydrogen-bond acceptors (Lipinski definition) is 3. The summed E-state index contributed by atoms with van der Waals surface area (Å²) >= 11 is 0. The van der Waals surface area contributed by atoms with Gasteiger partial charge in [-0.1, -0.05) is 49.6 Å². The minimum absolute atomic E-state index is 0.0190. The van der Waals surface area contributed by atoms with E-state index in [1.54, 1.807) is 0 Å². The number of nitrogens with one attached hydrogen (secondary N) is 2. The van der Waals surface area contributed by atoms with Crippen LogP contribution < -0.4 is 16.1 Å². The van der Waals surface area contributed by atoms with Gasteiger partial charge in [0.25, 0.3) is 0 Å². The zero-order valence-electron chi connectivity index (χ0n) is 17.6. The van der Waals surface area contributed by atoms with E-state index in [9.17, 15) is 4.79 Å². The highest BCUT2D eigenvalue weighted by Crippen LogP contribution is 2.22. The van der Waals surface area contributed by atoms with Gasteiger partial charge in [0.15, 0.2) is 0 Å². The number of benzene rings is 2. The van der Waals surface area contributed by atoms with Gasteiger partial charge in [0.05, 0.1) is 0 Å². The average Bonchev–Trinajstić information content (AvgIpc) is 2.69. The van der Waals surface area contributed by atoms with Crippen LogP contribution in [0.1, 0.15) is 26.0 Å². The average molecular weight is 385 g/mol. The van der Waals surface area contributed by atoms with Crippen LogP contribution in [-0.4, -0.2) is 24.8 Å². The molecule has 0 bridgehead atoms. The predicted octanol–water partition coefficient (Wildman–Crippen LogP) is 3.78. The SMILES string of the molecule is Bc1ccccc1NC(CC(C)C)C(=O)Nc1ccc(-c2ccnc(C)c2)cc1. The third kappa shape index (κ3) is 5.70. The molecule has 0 fully saturated rings. The van der Waals surface area contributed by atoms with Gasteiger partial charge in [-0.15, -0.1) is 0 Å². The Morgan fingerprint density at radius 2 is 1.76 bits per heavy atom. The Balaban J connectivity index is 1.72. The first-order chi connectivity index (χ1) is 13.9. The second kappa shape index (κ2) is 9.42. The molecule has 0 saturated heterocycles. The second-order valence-electron chi connectivity index (χ2n) is 7.89. The topological polar surface area (TPSA) is 54.0 Å². The molecule has 1 unspecified atom stereocenters. The molecule has 29 heavy (non-hydrogen) atoms. The van der Waals surface area contributed by atoms with Gasteiger partial charge in [-0.05, 0) is 60.7 Å². The maximum absolute atomic E-state index is 13.0. The maximum Gasteiger partial charge on any atom is 0.246 e. The number of pyridine rings is 1. The van der Waals surface area contributed by atoms with Crippen LogP contribution in [0.15, 0.2) is 66.9 Å². The molecule has 0 saturated carbocycles. The fourth-order valence-corrected chi connectivity index (χ4v) is 3.33. The monoisotopic (exact) mass is 385 g/mol. The van der Waals surface area contributed by atoms with Crippen LogP contribution in [-0.2, 0) is 4.79 Å². The highest BCUT2D eigenvalue weighted by molar-refractivity contribution is 6.35. The lowest BCUT2D eigenvalue weighted by atomic mass is 9.93. The number of nitrogens with zero attached hydrogens (tertiary/aromatic N) is 1. The first-order valence-electron chi connectivity index (χ1n) is 10.1. The molecule has 2 aromatic carbocycles. The van der Waals surface area contributed by atoms with Crippen LogP contribution in [0.4, 0.5) is 11.4 Å². The molecule has 0 spiro atoms. The molecule has 0 aliphatic heterocycles. The van der Waals surface area contributed by atoms with E-state index in [1.807, 2.05) is 75.6 Å². The summed E-state index contributed by atoms with van der Waals surface area (Å²) in [6, 6.07) is 19.7. The minimum atomic E-state index is -0.293. The summed E-state index contributed by atoms with van der Waals surface area (Å²) in [5.41, 5.74) is 6.13. The third-order valence-corrected chi connectivity index (χ3v) is 4.88. The maximum atomic E-state index is 13.0. The number of carbonyl (C=O) groups excluding carboxylic acids is 1. The van der Waals surface area contributed by atoms with Crippen LogP contribution in [0, 0.1) is 12.8 Å². The summed E-state index contributed by atoms with van der Waals surface area (Å²) in [5.74, 6) is 0.383. The molecular weight excluding hydrogens is 357 g/mol. The molecule has 1 heterocycles. The lowest BCUT2D eigenvalue weighted by molar-refractivity contribution is -0.117. The van der Waals surface area contributed by atoms with E-state index in [0.29, 0.717) is 5.92 Å². The lowest BCUT2D eigenvalue weighted by Gasteiger charge is -2.22. The van der Waals surface area contributed by atoms with E-state index in [4.69, 9.17) is 0 Å². The van der Waals surface area contributed by atoms with E-state index in [1.165, 1.54) is 0 Å². The van der Waals surface area contributed by atoms with Gasteiger partial charge in [0.2, 0.25) is 5.91 Å². The van der Waals surface area contributed by atoms with Crippen molar-refractivity contribution < 1.29 is 4.79 Å². The number of aromatic nitrogens is 1. The predicted molar refractivity (Wildman–Crippen MR) is 125 cm³/mol. The quantitative estimate of drug-likeness (QED) is 0.609. The van der Waals surface area contributed by atoms with E-state index in [0.717, 1.165) is 40.1 Å². The molecule has 3 aromatic rings. The van der Waals surface area contributed by atoms with Crippen LogP contribution in [0.25, 0.3) is 11.1 Å². The summed E-state index contributed by atoms with van der Waals surface area (Å²) in [6.45, 7) is 6.24. The third-order valence-electron chi connectivity index (χ3n) is 4.88. The van der Waals surface area contributed by atoms with Gasteiger partial charge >= 0.3 is 0 Å². The molecule has 0 aliphatic carbocycles. The fraction of sp³-hybridized carbons (Fsp3) is 0.250. The summed E-state index contributed by atoms with van der Waals surface area (Å²) < 4.78 is 0. The molecule has 1 aromatic heterocycles. The van der Waals surface area contributed by atoms with Crippen LogP contribution in [0.3, 0.4) is 0 Å². The number of hydrogen-bond donors (Lipinski definition) is 2. The molecular formula is C24H28BN3O. The van der Waals surface area contributed by atoms with Crippen molar-refractivity contribution in [3.8, 4) is 11.1 Å². The van der Waals surface area contributed by atoms with Crippen molar-refractivity contribution in [2.75, 3.05) is 10.6 Å². The smallest absolute Gasteiger partial charge is 0.246 e. The molecule has 1 atom stereocenters. The fourth-order valence-electron chi connectivity index (χ4n) is 3.33. The Labute approximate surface area is 174 Å². The van der Waals surface area contributed by atoms with Crippen molar-refractivity contribution in [1.82, 2.24) is 4.98 Å². The van der Waals surface area contributed by atoms with Gasteiger partial charge in [0, 0.05) is 23.3 Å². The highest BCUT2D eigenvalue weighted by Gasteiger charge is 2.20. The summed E-state index contributed by atoms with van der Waals surface area (Å²) in [5, 5.41) is 6.49. The molecule has 5 heteroatoms. The van der Waals surface area contributed by atoms with Crippen LogP contribution >= 0.6 is 0 Å². The Morgan fingerprint density at radius 1 is 1.03 bits per heavy atom. The van der Waals surface area contributed by atoms with Crippen LogP contribution in [0.5, 0.6) is 0 Å². The number of amides is 1. The van der Waals surface area contributed by atoms with Crippen molar-refractivity contribution >= 4 is 30.6 Å². The van der Waals surface area contributed by atoms with Crippen molar-refractivity contribution in [2.45, 2.75) is 33.2 Å². The number of para-hydroxylation sites is 1. The Kier molecular flexibility index (Phi) is 6.71. The largest absolute Gasteiger partial charge is 0.374 e. The number of anilines is 2. The van der Waals surface area contributed by atoms with Gasteiger partial charge < -0.3 is 10.6 Å². The first-order valence-corrected chi connectivity index (χ1v) is 10.1. The summed E-state index contributed by atoms with van der Waals surface area (Å²) in [6.07, 6.45) is 2.57. The molecule has 0 aliphatic rings. The van der Waals surface area contributed by atoms with Crippen molar-refractivity contribution in [2.24, 2.45) is 5.92 Å². The van der Waals surface area contributed by atoms with E-state index in [-0.39, 0.29) is 11.9 Å². The zero-order chi connectivity index (χ0) is 20.8. The molecule has 2 N–H and O–H groups in total. The number of rotatable bonds is 7. The molecule has 0 radical (unpaired) electrons. The first kappa shape index (κ1) is 20.7. The second-order valence-corrected chi connectivity index (χ2v) is 7.89. The highest BCUT2D eigenvalue weighted by atomic mass is 16.2. The van der Waals surface area contributed by atoms with Gasteiger partial charge in [-0.2, -0.15) is 0 Å². The standard InChI is InChI=1S/C24H28BN3O/c1-16(2)14-23(28-22-7-5-4-6-21(22)25)24(29)27-20-10-8-18(9-11-20)19-12-13-26-17(3)15-19/h4-13,15-16,23,28H,14,25H2,1-3H3,(H,27,29). The molecule has 1 amide bonds. The van der Waals surface area contributed by atoms with Crippen molar-refractivity contribution in [1.29, 1.82) is 0 Å². The Bertz CT molecular complexity index is 970. The summed E-state index contributed by atoms with van der Waals surface area (Å²) in [4.78, 5) is 17.2. The van der Waals surface area contributed by atoms with Crippen molar-refractivity contribution in [3.05, 3.63) is 72.6 Å². The summed E-state index contributed by atoms with van der Waals surface area (Å²) in [7, 11) is 2.05. The van der Waals surface area contributed by atoms with E-state index < -0.39 is 0 Å². The van der Waals surface area contributed by atoms with Crippen molar-refractivity contribution in [3.63, 3.8) is 0 Å². The molecule has 148 valence electrons. The number of carbonyl (C=O) groups is 1. The van der Waals surface area contributed by atoms with E-state index >= 15 is 0 Å². The molecule has 4 nitrogen and oxygen atoms in total. The Hall–Kier alpha value is -3.08. The zero-order valence-corrected chi connectivity index (χ0v) is 17.6. The minimum Gasteiger partial charge on any atom is -0.374 e. The lowest BCUT2D eigenvalue weighted by Crippen LogP contribution is -2.37. The van der Waals surface area contributed by atoms with Gasteiger partial charge in [-0.25, -0.2) is 0 Å². The van der Waals surface area contributed by atoms with Crippen LogP contribution in [0.2, 0.25) is 0 Å². The van der Waals surface area contributed by atoms with Gasteiger partial charge in [0.1, 0.15) is 13.9 Å².